The average molecular weight is 282 g/mol. The molecule has 0 N–H and O–H groups in total. The molecule has 1 aliphatic heterocycles. The van der Waals surface area contributed by atoms with Crippen LogP contribution in [0.25, 0.3) is 0 Å². The molecule has 3 aliphatic rings. The third-order valence-electron chi connectivity index (χ3n) is 4.35. The van der Waals surface area contributed by atoms with Crippen molar-refractivity contribution >= 4 is 5.97 Å². The van der Waals surface area contributed by atoms with Gasteiger partial charge in [0.1, 0.15) is 6.61 Å². The van der Waals surface area contributed by atoms with E-state index in [0.29, 0.717) is 0 Å². The van der Waals surface area contributed by atoms with E-state index in [2.05, 4.69) is 6.58 Å². The molecule has 3 fully saturated rings. The monoisotopic (exact) mass is 282 g/mol. The fourth-order valence-electron chi connectivity index (χ4n) is 3.42. The molecule has 2 aliphatic carbocycles. The molecule has 3 rings (SSSR count). The van der Waals surface area contributed by atoms with Crippen LogP contribution in [0.4, 0.5) is 0 Å². The van der Waals surface area contributed by atoms with Gasteiger partial charge < -0.3 is 18.9 Å². The SMILES string of the molecule is C=CC(=O)OC1COC2(CCCC2)OC2(CCCC2)O1. The van der Waals surface area contributed by atoms with E-state index in [-0.39, 0.29) is 6.61 Å². The van der Waals surface area contributed by atoms with Crippen molar-refractivity contribution in [3.05, 3.63) is 12.7 Å². The Bertz CT molecular complexity index is 380. The lowest BCUT2D eigenvalue weighted by Gasteiger charge is -2.36. The van der Waals surface area contributed by atoms with Crippen molar-refractivity contribution in [2.75, 3.05) is 6.61 Å². The highest BCUT2D eigenvalue weighted by Crippen LogP contribution is 2.46. The van der Waals surface area contributed by atoms with E-state index in [1.54, 1.807) is 0 Å². The number of ether oxygens (including phenoxy) is 4. The Morgan fingerprint density at radius 1 is 1.10 bits per heavy atom. The quantitative estimate of drug-likeness (QED) is 0.575. The Balaban J connectivity index is 1.77. The van der Waals surface area contributed by atoms with Crippen LogP contribution in [-0.4, -0.2) is 30.4 Å². The van der Waals surface area contributed by atoms with Crippen molar-refractivity contribution in [1.82, 2.24) is 0 Å². The predicted octanol–water partition coefficient (Wildman–Crippen LogP) is 2.65. The average Bonchev–Trinajstić information content (AvgIpc) is 3.03. The molecule has 1 unspecified atom stereocenters. The molecule has 0 amide bonds. The summed E-state index contributed by atoms with van der Waals surface area (Å²) in [6.45, 7) is 3.63. The summed E-state index contributed by atoms with van der Waals surface area (Å²) in [5.74, 6) is -1.68. The summed E-state index contributed by atoms with van der Waals surface area (Å²) in [4.78, 5) is 11.4. The van der Waals surface area contributed by atoms with E-state index in [4.69, 9.17) is 18.9 Å². The Morgan fingerprint density at radius 2 is 1.70 bits per heavy atom. The summed E-state index contributed by atoms with van der Waals surface area (Å²) in [5, 5.41) is 0. The molecule has 1 atom stereocenters. The van der Waals surface area contributed by atoms with Crippen LogP contribution in [0.1, 0.15) is 51.4 Å². The van der Waals surface area contributed by atoms with Gasteiger partial charge in [-0.2, -0.15) is 0 Å². The highest BCUT2D eigenvalue weighted by Gasteiger charge is 2.51. The van der Waals surface area contributed by atoms with E-state index < -0.39 is 23.8 Å². The first-order valence-corrected chi connectivity index (χ1v) is 7.50. The van der Waals surface area contributed by atoms with E-state index in [1.165, 1.54) is 0 Å². The number of hydrogen-bond donors (Lipinski definition) is 0. The molecular weight excluding hydrogens is 260 g/mol. The molecule has 2 saturated carbocycles. The molecule has 0 aromatic rings. The first kappa shape index (κ1) is 14.0. The second-order valence-electron chi connectivity index (χ2n) is 5.84. The minimum atomic E-state index is -0.710. The lowest BCUT2D eigenvalue weighted by atomic mass is 10.2. The van der Waals surface area contributed by atoms with Gasteiger partial charge in [0, 0.05) is 31.8 Å². The van der Waals surface area contributed by atoms with Crippen molar-refractivity contribution < 1.29 is 23.7 Å². The van der Waals surface area contributed by atoms with Crippen molar-refractivity contribution in [2.24, 2.45) is 0 Å². The van der Waals surface area contributed by atoms with Gasteiger partial charge in [0.15, 0.2) is 11.6 Å². The molecule has 5 heteroatoms. The van der Waals surface area contributed by atoms with Gasteiger partial charge in [-0.3, -0.25) is 0 Å². The summed E-state index contributed by atoms with van der Waals surface area (Å²) >= 11 is 0. The molecule has 2 spiro atoms. The Kier molecular flexibility index (Phi) is 3.84. The first-order chi connectivity index (χ1) is 9.65. The van der Waals surface area contributed by atoms with Crippen LogP contribution in [0.3, 0.4) is 0 Å². The summed E-state index contributed by atoms with van der Waals surface area (Å²) in [5.41, 5.74) is 0. The molecular formula is C15H22O5. The summed E-state index contributed by atoms with van der Waals surface area (Å²) in [7, 11) is 0. The Morgan fingerprint density at radius 3 is 2.30 bits per heavy atom. The molecule has 112 valence electrons. The normalized spacial score (nSPS) is 31.3. The van der Waals surface area contributed by atoms with Crippen LogP contribution in [0.2, 0.25) is 0 Å². The fourth-order valence-corrected chi connectivity index (χ4v) is 3.42. The number of rotatable bonds is 2. The van der Waals surface area contributed by atoms with Crippen molar-refractivity contribution in [3.63, 3.8) is 0 Å². The van der Waals surface area contributed by atoms with Gasteiger partial charge in [0.2, 0.25) is 6.29 Å². The minimum Gasteiger partial charge on any atom is -0.430 e. The Hall–Kier alpha value is -0.910. The van der Waals surface area contributed by atoms with Gasteiger partial charge in [-0.15, -0.1) is 0 Å². The number of hydrogen-bond acceptors (Lipinski definition) is 5. The predicted molar refractivity (Wildman–Crippen MR) is 70.6 cm³/mol. The van der Waals surface area contributed by atoms with Crippen LogP contribution in [0, 0.1) is 0 Å². The van der Waals surface area contributed by atoms with Crippen LogP contribution < -0.4 is 0 Å². The summed E-state index contributed by atoms with van der Waals surface area (Å²) in [6.07, 6.45) is 8.22. The molecule has 5 nitrogen and oxygen atoms in total. The third-order valence-corrected chi connectivity index (χ3v) is 4.35. The van der Waals surface area contributed by atoms with Crippen LogP contribution in [-0.2, 0) is 23.7 Å². The molecule has 20 heavy (non-hydrogen) atoms. The van der Waals surface area contributed by atoms with Crippen molar-refractivity contribution in [2.45, 2.75) is 69.2 Å². The standard InChI is InChI=1S/C15H22O5/c1-2-12(16)18-13-11-17-14(7-3-4-8-14)20-15(19-13)9-5-6-10-15/h2,13H,1,3-11H2. The lowest BCUT2D eigenvalue weighted by Crippen LogP contribution is -2.43. The zero-order valence-electron chi connectivity index (χ0n) is 11.8. The summed E-state index contributed by atoms with van der Waals surface area (Å²) < 4.78 is 23.4. The van der Waals surface area contributed by atoms with Crippen LogP contribution in [0.5, 0.6) is 0 Å². The highest BCUT2D eigenvalue weighted by molar-refractivity contribution is 5.81. The topological polar surface area (TPSA) is 54.0 Å². The highest BCUT2D eigenvalue weighted by atomic mass is 16.9. The van der Waals surface area contributed by atoms with E-state index >= 15 is 0 Å². The van der Waals surface area contributed by atoms with Gasteiger partial charge >= 0.3 is 5.97 Å². The number of esters is 1. The zero-order valence-corrected chi connectivity index (χ0v) is 11.8. The van der Waals surface area contributed by atoms with Crippen molar-refractivity contribution in [1.29, 1.82) is 0 Å². The van der Waals surface area contributed by atoms with Gasteiger partial charge in [0.05, 0.1) is 0 Å². The number of carbonyl (C=O) groups excluding carboxylic acids is 1. The molecule has 0 radical (unpaired) electrons. The van der Waals surface area contributed by atoms with E-state index in [9.17, 15) is 4.79 Å². The maximum Gasteiger partial charge on any atom is 0.332 e. The maximum absolute atomic E-state index is 11.4. The van der Waals surface area contributed by atoms with E-state index in [0.717, 1.165) is 57.4 Å². The van der Waals surface area contributed by atoms with Crippen LogP contribution in [0.15, 0.2) is 12.7 Å². The molecule has 0 bridgehead atoms. The molecule has 1 heterocycles. The van der Waals surface area contributed by atoms with Gasteiger partial charge in [-0.25, -0.2) is 4.79 Å². The Labute approximate surface area is 119 Å². The van der Waals surface area contributed by atoms with Crippen LogP contribution >= 0.6 is 0 Å². The lowest BCUT2D eigenvalue weighted by molar-refractivity contribution is -0.337. The maximum atomic E-state index is 11.4. The third kappa shape index (κ3) is 2.75. The molecule has 1 saturated heterocycles. The smallest absolute Gasteiger partial charge is 0.332 e. The van der Waals surface area contributed by atoms with Gasteiger partial charge in [-0.1, -0.05) is 6.58 Å². The second kappa shape index (κ2) is 5.47. The van der Waals surface area contributed by atoms with Gasteiger partial charge in [-0.05, 0) is 25.7 Å². The van der Waals surface area contributed by atoms with Gasteiger partial charge in [0.25, 0.3) is 0 Å². The molecule has 0 aromatic heterocycles. The number of carbonyl (C=O) groups is 1. The zero-order chi connectivity index (χ0) is 14.1. The fraction of sp³-hybridized carbons (Fsp3) is 0.800. The largest absolute Gasteiger partial charge is 0.430 e. The van der Waals surface area contributed by atoms with E-state index in [1.807, 2.05) is 0 Å². The molecule has 0 aromatic carbocycles. The van der Waals surface area contributed by atoms with Crippen molar-refractivity contribution in [3.8, 4) is 0 Å². The summed E-state index contributed by atoms with van der Waals surface area (Å²) in [6, 6.07) is 0. The minimum absolute atomic E-state index is 0.224. The first-order valence-electron chi connectivity index (χ1n) is 7.50. The second-order valence-corrected chi connectivity index (χ2v) is 5.84.